The number of carbonyl (C=O) groups excluding carboxylic acids is 6. The molecular formula is C64H113N9O8. The molecule has 2 aromatic rings. The Hall–Kier alpha value is -5.48. The third-order valence-electron chi connectivity index (χ3n) is 14.8. The monoisotopic (exact) mass is 1140 g/mol. The number of rotatable bonds is 8. The van der Waals surface area contributed by atoms with E-state index in [0.29, 0.717) is 65.8 Å². The van der Waals surface area contributed by atoms with Gasteiger partial charge in [-0.25, -0.2) is 4.79 Å². The highest BCUT2D eigenvalue weighted by atomic mass is 16.2. The molecule has 6 aliphatic heterocycles. The molecule has 6 aliphatic rings. The number of urea groups is 1. The Morgan fingerprint density at radius 1 is 0.284 bits per heavy atom. The van der Waals surface area contributed by atoms with Crippen molar-refractivity contribution < 1.29 is 28.8 Å². The van der Waals surface area contributed by atoms with Crippen LogP contribution in [-0.4, -0.2) is 168 Å². The molecule has 2 aromatic heterocycles. The number of pyridine rings is 2. The van der Waals surface area contributed by atoms with Gasteiger partial charge in [-0.15, -0.1) is 0 Å². The fourth-order valence-corrected chi connectivity index (χ4v) is 9.97. The van der Waals surface area contributed by atoms with Gasteiger partial charge < -0.3 is 43.4 Å². The van der Waals surface area contributed by atoms with E-state index in [2.05, 4.69) is 83.1 Å². The van der Waals surface area contributed by atoms with Crippen LogP contribution in [0, 0.1) is 0 Å². The summed E-state index contributed by atoms with van der Waals surface area (Å²) in [5, 5.41) is 0. The average Bonchev–Trinajstić information content (AvgIpc) is 3.41. The molecule has 0 spiro atoms. The van der Waals surface area contributed by atoms with Gasteiger partial charge in [0.05, 0.1) is 0 Å². The predicted molar refractivity (Wildman–Crippen MR) is 330 cm³/mol. The van der Waals surface area contributed by atoms with Crippen LogP contribution in [0.1, 0.15) is 226 Å². The largest absolute Gasteiger partial charge is 0.340 e. The molecule has 0 aromatic carbocycles. The van der Waals surface area contributed by atoms with Crippen molar-refractivity contribution in [1.82, 2.24) is 43.4 Å². The summed E-state index contributed by atoms with van der Waals surface area (Å²) < 4.78 is 3.39. The number of amides is 7. The minimum absolute atomic E-state index is 0.0671. The highest BCUT2D eigenvalue weighted by Crippen LogP contribution is 2.17. The van der Waals surface area contributed by atoms with Gasteiger partial charge in [-0.3, -0.25) is 33.6 Å². The van der Waals surface area contributed by atoms with Crippen molar-refractivity contribution in [3.05, 3.63) is 69.5 Å². The quantitative estimate of drug-likeness (QED) is 0.252. The molecule has 0 unspecified atom stereocenters. The molecule has 0 bridgehead atoms. The Morgan fingerprint density at radius 3 is 0.679 bits per heavy atom. The molecule has 8 heterocycles. The second-order valence-corrected chi connectivity index (χ2v) is 24.1. The first-order chi connectivity index (χ1) is 38.1. The summed E-state index contributed by atoms with van der Waals surface area (Å²) in [6.45, 7) is 39.4. The van der Waals surface area contributed by atoms with E-state index in [1.54, 1.807) is 50.7 Å². The molecule has 17 heteroatoms. The maximum absolute atomic E-state index is 11.4. The van der Waals surface area contributed by atoms with Crippen LogP contribution in [0.5, 0.6) is 0 Å². The molecule has 7 amide bonds. The van der Waals surface area contributed by atoms with Gasteiger partial charge in [0.15, 0.2) is 0 Å². The van der Waals surface area contributed by atoms with E-state index in [-0.39, 0.29) is 29.2 Å². The lowest BCUT2D eigenvalue weighted by atomic mass is 10.1. The highest BCUT2D eigenvalue weighted by molar-refractivity contribution is 5.79. The maximum Gasteiger partial charge on any atom is 0.319 e. The summed E-state index contributed by atoms with van der Waals surface area (Å²) in [6, 6.07) is 13.4. The summed E-state index contributed by atoms with van der Waals surface area (Å²) >= 11 is 0. The normalized spacial score (nSPS) is 17.8. The molecule has 462 valence electrons. The van der Waals surface area contributed by atoms with Crippen LogP contribution in [0.25, 0.3) is 0 Å². The first-order valence-corrected chi connectivity index (χ1v) is 31.0. The van der Waals surface area contributed by atoms with Crippen LogP contribution in [-0.2, 0) is 24.0 Å². The van der Waals surface area contributed by atoms with E-state index in [9.17, 15) is 38.4 Å². The van der Waals surface area contributed by atoms with E-state index in [0.717, 1.165) is 116 Å². The molecular weight excluding hydrogens is 1020 g/mol. The minimum atomic E-state index is 0.0671. The molecule has 0 saturated carbocycles. The fraction of sp³-hybridized carbons (Fsp3) is 0.750. The lowest BCUT2D eigenvalue weighted by Gasteiger charge is -2.35. The van der Waals surface area contributed by atoms with Crippen LogP contribution < -0.4 is 11.1 Å². The number of hydrogen-bond donors (Lipinski definition) is 0. The van der Waals surface area contributed by atoms with Crippen molar-refractivity contribution in [3.63, 3.8) is 0 Å². The Balaban J connectivity index is 0.000000463. The zero-order valence-corrected chi connectivity index (χ0v) is 53.8. The Labute approximate surface area is 490 Å². The fourth-order valence-electron chi connectivity index (χ4n) is 9.97. The third kappa shape index (κ3) is 28.4. The van der Waals surface area contributed by atoms with Gasteiger partial charge in [-0.2, -0.15) is 0 Å². The zero-order chi connectivity index (χ0) is 61.4. The number of aromatic nitrogens is 2. The number of likely N-dealkylation sites (tertiary alicyclic amines) is 5. The first-order valence-electron chi connectivity index (χ1n) is 31.0. The van der Waals surface area contributed by atoms with E-state index in [4.69, 9.17) is 0 Å². The number of nitrogens with zero attached hydrogens (tertiary/aromatic N) is 9. The molecule has 6 saturated heterocycles. The van der Waals surface area contributed by atoms with Gasteiger partial charge in [-0.1, -0.05) is 12.1 Å². The lowest BCUT2D eigenvalue weighted by molar-refractivity contribution is -0.135. The van der Waals surface area contributed by atoms with Crippen LogP contribution in [0.15, 0.2) is 58.4 Å². The Bertz CT molecular complexity index is 2010. The zero-order valence-electron chi connectivity index (χ0n) is 53.8. The van der Waals surface area contributed by atoms with Crippen LogP contribution in [0.2, 0.25) is 0 Å². The lowest BCUT2D eigenvalue weighted by Crippen LogP contribution is -2.50. The van der Waals surface area contributed by atoms with Gasteiger partial charge in [0.2, 0.25) is 29.5 Å². The van der Waals surface area contributed by atoms with E-state index < -0.39 is 0 Å². The molecule has 0 atom stereocenters. The topological polar surface area (TPSA) is 169 Å². The summed E-state index contributed by atoms with van der Waals surface area (Å²) in [5.41, 5.74) is 0.134. The standard InChI is InChI=1S/C8H16N2O.5C8H15NO.2C8H11NO/c1-7(2)10-6-4-5-9(3)8(10)11;7*1-7(2)9-6-4-3-5-8(9)10/h7H,4-6H2,1-3H3;5*7H,3-6H2,1-2H3;2*3-7H,1-2H3. The number of piperidine rings is 5. The summed E-state index contributed by atoms with van der Waals surface area (Å²) in [5.74, 6) is 1.67. The SMILES string of the molecule is CC(C)N1CCCCC1=O.CC(C)N1CCCCC1=O.CC(C)N1CCCCC1=O.CC(C)N1CCCCC1=O.CC(C)N1CCCCC1=O.CC(C)N1CCCN(C)C1=O.CC(C)n1ccccc1=O.CC(C)n1ccccc1=O. The maximum atomic E-state index is 11.4. The van der Waals surface area contributed by atoms with E-state index in [1.165, 1.54) is 32.1 Å². The van der Waals surface area contributed by atoms with Gasteiger partial charge in [0, 0.05) is 158 Å². The Kier molecular flexibility index (Phi) is 36.2. The van der Waals surface area contributed by atoms with Crippen molar-refractivity contribution in [3.8, 4) is 0 Å². The van der Waals surface area contributed by atoms with Gasteiger partial charge in [0.25, 0.3) is 11.1 Å². The molecule has 0 radical (unpaired) electrons. The molecule has 17 nitrogen and oxygen atoms in total. The van der Waals surface area contributed by atoms with Crippen molar-refractivity contribution in [2.75, 3.05) is 52.9 Å². The smallest absolute Gasteiger partial charge is 0.319 e. The van der Waals surface area contributed by atoms with Crippen molar-refractivity contribution in [1.29, 1.82) is 0 Å². The summed E-state index contributed by atoms with van der Waals surface area (Å²) in [7, 11) is 1.86. The molecule has 0 N–H and O–H groups in total. The molecule has 8 rings (SSSR count). The van der Waals surface area contributed by atoms with Crippen LogP contribution in [0.3, 0.4) is 0 Å². The second kappa shape index (κ2) is 39.9. The van der Waals surface area contributed by atoms with Crippen molar-refractivity contribution in [2.24, 2.45) is 0 Å². The average molecular weight is 1140 g/mol. The molecule has 0 aliphatic carbocycles. The van der Waals surface area contributed by atoms with Crippen molar-refractivity contribution in [2.45, 2.75) is 262 Å². The van der Waals surface area contributed by atoms with Crippen LogP contribution in [0.4, 0.5) is 4.79 Å². The van der Waals surface area contributed by atoms with Crippen LogP contribution >= 0.6 is 0 Å². The molecule has 6 fully saturated rings. The number of hydrogen-bond acceptors (Lipinski definition) is 8. The highest BCUT2D eigenvalue weighted by Gasteiger charge is 2.25. The molecule has 81 heavy (non-hydrogen) atoms. The van der Waals surface area contributed by atoms with Gasteiger partial charge in [-0.05, 0) is 194 Å². The Morgan fingerprint density at radius 2 is 0.519 bits per heavy atom. The van der Waals surface area contributed by atoms with E-state index >= 15 is 0 Å². The minimum Gasteiger partial charge on any atom is -0.340 e. The second-order valence-electron chi connectivity index (χ2n) is 24.1. The summed E-state index contributed by atoms with van der Waals surface area (Å²) in [4.78, 5) is 103. The van der Waals surface area contributed by atoms with Crippen molar-refractivity contribution >= 4 is 35.6 Å². The third-order valence-corrected chi connectivity index (χ3v) is 14.8. The summed E-state index contributed by atoms with van der Waals surface area (Å²) in [6.07, 6.45) is 19.9. The van der Waals surface area contributed by atoms with Gasteiger partial charge >= 0.3 is 6.03 Å². The van der Waals surface area contributed by atoms with Gasteiger partial charge in [0.1, 0.15) is 0 Å². The first kappa shape index (κ1) is 73.5. The number of carbonyl (C=O) groups is 6. The van der Waals surface area contributed by atoms with E-state index in [1.807, 2.05) is 76.3 Å². The predicted octanol–water partition coefficient (Wildman–Crippen LogP) is 11.0.